The van der Waals surface area contributed by atoms with Crippen LogP contribution in [0.15, 0.2) is 65.6 Å². The van der Waals surface area contributed by atoms with Crippen molar-refractivity contribution in [3.8, 4) is 0 Å². The highest BCUT2D eigenvalue weighted by atomic mass is 35.5. The zero-order valence-electron chi connectivity index (χ0n) is 24.2. The van der Waals surface area contributed by atoms with Crippen molar-refractivity contribution in [3.63, 3.8) is 0 Å². The number of benzene rings is 3. The van der Waals surface area contributed by atoms with Gasteiger partial charge in [-0.2, -0.15) is 0 Å². The number of aryl methyl sites for hydroxylation is 2. The summed E-state index contributed by atoms with van der Waals surface area (Å²) in [6.45, 7) is 10.5. The summed E-state index contributed by atoms with van der Waals surface area (Å²) in [5.41, 5.74) is 3.57. The standard InChI is InChI=1S/C31H37Cl2N3O4S/c1-7-22(4)34-31(38)24(6)35(18-25-13-16-27(32)28(33)17-25)30(37)19-36(29-10-8-9-21(3)23(29)5)41(39,40)26-14-11-20(2)12-15-26/h8-17,22,24H,7,18-19H2,1-6H3,(H,34,38)/t22-,24-/m0/s1. The molecule has 41 heavy (non-hydrogen) atoms. The number of nitrogens with zero attached hydrogens (tertiary/aromatic N) is 2. The second kappa shape index (κ2) is 13.7. The Hall–Kier alpha value is -3.07. The Morgan fingerprint density at radius 1 is 0.927 bits per heavy atom. The van der Waals surface area contributed by atoms with E-state index in [0.717, 1.165) is 21.0 Å². The van der Waals surface area contributed by atoms with Crippen molar-refractivity contribution in [1.82, 2.24) is 10.2 Å². The molecule has 3 aromatic carbocycles. The van der Waals surface area contributed by atoms with E-state index >= 15 is 0 Å². The van der Waals surface area contributed by atoms with Gasteiger partial charge in [0.1, 0.15) is 12.6 Å². The van der Waals surface area contributed by atoms with Gasteiger partial charge in [-0.25, -0.2) is 8.42 Å². The Morgan fingerprint density at radius 2 is 1.59 bits per heavy atom. The van der Waals surface area contributed by atoms with Gasteiger partial charge in [0.05, 0.1) is 20.6 Å². The predicted molar refractivity (Wildman–Crippen MR) is 166 cm³/mol. The molecule has 0 saturated heterocycles. The van der Waals surface area contributed by atoms with Crippen molar-refractivity contribution in [2.75, 3.05) is 10.8 Å². The fourth-order valence-electron chi connectivity index (χ4n) is 4.24. The fraction of sp³-hybridized carbons (Fsp3) is 0.355. The Balaban J connectivity index is 2.08. The number of sulfonamides is 1. The predicted octanol–water partition coefficient (Wildman–Crippen LogP) is 6.45. The maximum atomic E-state index is 14.1. The van der Waals surface area contributed by atoms with Crippen LogP contribution < -0.4 is 9.62 Å². The molecule has 10 heteroatoms. The molecule has 0 bridgehead atoms. The number of halogens is 2. The Labute approximate surface area is 253 Å². The molecule has 0 aliphatic carbocycles. The van der Waals surface area contributed by atoms with Gasteiger partial charge in [-0.3, -0.25) is 13.9 Å². The second-order valence-corrected chi connectivity index (χ2v) is 13.0. The number of carbonyl (C=O) groups excluding carboxylic acids is 2. The molecule has 0 fully saturated rings. The second-order valence-electron chi connectivity index (χ2n) is 10.3. The molecule has 1 N–H and O–H groups in total. The zero-order chi connectivity index (χ0) is 30.5. The number of hydrogen-bond acceptors (Lipinski definition) is 4. The maximum Gasteiger partial charge on any atom is 0.264 e. The van der Waals surface area contributed by atoms with Crippen molar-refractivity contribution < 1.29 is 18.0 Å². The largest absolute Gasteiger partial charge is 0.352 e. The lowest BCUT2D eigenvalue weighted by Gasteiger charge is -2.33. The average molecular weight is 619 g/mol. The quantitative estimate of drug-likeness (QED) is 0.268. The van der Waals surface area contributed by atoms with Gasteiger partial charge < -0.3 is 10.2 Å². The van der Waals surface area contributed by atoms with Gasteiger partial charge in [-0.05, 0) is 88.1 Å². The third-order valence-electron chi connectivity index (χ3n) is 7.24. The summed E-state index contributed by atoms with van der Waals surface area (Å²) in [6.07, 6.45) is 0.717. The van der Waals surface area contributed by atoms with E-state index in [9.17, 15) is 18.0 Å². The summed E-state index contributed by atoms with van der Waals surface area (Å²) < 4.78 is 29.2. The topological polar surface area (TPSA) is 86.8 Å². The highest BCUT2D eigenvalue weighted by Crippen LogP contribution is 2.30. The maximum absolute atomic E-state index is 14.1. The lowest BCUT2D eigenvalue weighted by Crippen LogP contribution is -2.52. The number of rotatable bonds is 11. The van der Waals surface area contributed by atoms with Crippen molar-refractivity contribution in [1.29, 1.82) is 0 Å². The van der Waals surface area contributed by atoms with E-state index in [0.29, 0.717) is 27.7 Å². The molecule has 0 aromatic heterocycles. The Bertz CT molecular complexity index is 1510. The molecular formula is C31H37Cl2N3O4S. The van der Waals surface area contributed by atoms with Gasteiger partial charge in [-0.15, -0.1) is 0 Å². The SMILES string of the molecule is CC[C@H](C)NC(=O)[C@H](C)N(Cc1ccc(Cl)c(Cl)c1)C(=O)CN(c1cccc(C)c1C)S(=O)(=O)c1ccc(C)cc1. The Kier molecular flexibility index (Phi) is 10.9. The summed E-state index contributed by atoms with van der Waals surface area (Å²) in [5, 5.41) is 3.60. The first-order valence-corrected chi connectivity index (χ1v) is 15.6. The van der Waals surface area contributed by atoms with Crippen molar-refractivity contribution in [3.05, 3.63) is 93.0 Å². The Morgan fingerprint density at radius 3 is 2.20 bits per heavy atom. The molecule has 3 rings (SSSR count). The third kappa shape index (κ3) is 7.82. The minimum Gasteiger partial charge on any atom is -0.352 e. The van der Waals surface area contributed by atoms with Crippen LogP contribution >= 0.6 is 23.2 Å². The molecule has 0 aliphatic heterocycles. The van der Waals surface area contributed by atoms with Gasteiger partial charge in [-0.1, -0.05) is 66.0 Å². The summed E-state index contributed by atoms with van der Waals surface area (Å²) in [5.74, 6) is -0.882. The molecule has 0 unspecified atom stereocenters. The molecule has 3 aromatic rings. The van der Waals surface area contributed by atoms with E-state index in [1.807, 2.05) is 40.7 Å². The van der Waals surface area contributed by atoms with Crippen LogP contribution in [-0.4, -0.2) is 43.8 Å². The van der Waals surface area contributed by atoms with Crippen LogP contribution in [0.5, 0.6) is 0 Å². The van der Waals surface area contributed by atoms with E-state index in [4.69, 9.17) is 23.2 Å². The fourth-order valence-corrected chi connectivity index (χ4v) is 6.03. The first kappa shape index (κ1) is 32.4. The molecule has 0 aliphatic rings. The van der Waals surface area contributed by atoms with E-state index in [2.05, 4.69) is 5.32 Å². The van der Waals surface area contributed by atoms with Crippen LogP contribution in [0.25, 0.3) is 0 Å². The normalized spacial score (nSPS) is 12.9. The van der Waals surface area contributed by atoms with Crippen molar-refractivity contribution in [2.24, 2.45) is 0 Å². The van der Waals surface area contributed by atoms with Crippen LogP contribution in [0.2, 0.25) is 10.0 Å². The summed E-state index contributed by atoms with van der Waals surface area (Å²) in [4.78, 5) is 28.7. The molecule has 0 radical (unpaired) electrons. The van der Waals surface area contributed by atoms with E-state index in [1.54, 1.807) is 49.4 Å². The molecule has 2 amide bonds. The van der Waals surface area contributed by atoms with Crippen LogP contribution in [0.1, 0.15) is 49.4 Å². The van der Waals surface area contributed by atoms with E-state index in [-0.39, 0.29) is 23.4 Å². The van der Waals surface area contributed by atoms with Gasteiger partial charge in [0.25, 0.3) is 10.0 Å². The van der Waals surface area contributed by atoms with Gasteiger partial charge >= 0.3 is 0 Å². The highest BCUT2D eigenvalue weighted by molar-refractivity contribution is 7.92. The smallest absolute Gasteiger partial charge is 0.264 e. The highest BCUT2D eigenvalue weighted by Gasteiger charge is 2.33. The van der Waals surface area contributed by atoms with Crippen LogP contribution in [-0.2, 0) is 26.2 Å². The first-order chi connectivity index (χ1) is 19.3. The minimum absolute atomic E-state index is 0.0238. The summed E-state index contributed by atoms with van der Waals surface area (Å²) in [7, 11) is -4.15. The monoisotopic (exact) mass is 617 g/mol. The molecule has 0 heterocycles. The lowest BCUT2D eigenvalue weighted by atomic mass is 10.1. The van der Waals surface area contributed by atoms with Crippen LogP contribution in [0.4, 0.5) is 5.69 Å². The lowest BCUT2D eigenvalue weighted by molar-refractivity contribution is -0.139. The van der Waals surface area contributed by atoms with Crippen molar-refractivity contribution in [2.45, 2.75) is 71.5 Å². The van der Waals surface area contributed by atoms with Gasteiger partial charge in [0.15, 0.2) is 0 Å². The van der Waals surface area contributed by atoms with Crippen LogP contribution in [0.3, 0.4) is 0 Å². The third-order valence-corrected chi connectivity index (χ3v) is 9.75. The minimum atomic E-state index is -4.15. The van der Waals surface area contributed by atoms with E-state index < -0.39 is 28.5 Å². The first-order valence-electron chi connectivity index (χ1n) is 13.5. The summed E-state index contributed by atoms with van der Waals surface area (Å²) in [6, 6.07) is 15.8. The zero-order valence-corrected chi connectivity index (χ0v) is 26.6. The number of nitrogens with one attached hydrogen (secondary N) is 1. The molecule has 7 nitrogen and oxygen atoms in total. The van der Waals surface area contributed by atoms with Gasteiger partial charge in [0, 0.05) is 12.6 Å². The molecule has 0 saturated carbocycles. The van der Waals surface area contributed by atoms with Crippen LogP contribution in [0, 0.1) is 20.8 Å². The van der Waals surface area contributed by atoms with Crippen molar-refractivity contribution >= 4 is 50.7 Å². The van der Waals surface area contributed by atoms with Gasteiger partial charge in [0.2, 0.25) is 11.8 Å². The number of anilines is 1. The number of amides is 2. The number of carbonyl (C=O) groups is 2. The molecule has 220 valence electrons. The molecular weight excluding hydrogens is 581 g/mol. The molecule has 2 atom stereocenters. The van der Waals surface area contributed by atoms with E-state index in [1.165, 1.54) is 17.0 Å². The average Bonchev–Trinajstić information content (AvgIpc) is 2.93. The molecule has 0 spiro atoms. The number of hydrogen-bond donors (Lipinski definition) is 1. The summed E-state index contributed by atoms with van der Waals surface area (Å²) >= 11 is 12.3.